The van der Waals surface area contributed by atoms with E-state index in [2.05, 4.69) is 10.3 Å². The Kier molecular flexibility index (Phi) is 5.58. The number of hydrogen-bond acceptors (Lipinski definition) is 4. The number of nitrogens with one attached hydrogen (secondary N) is 1. The number of amidine groups is 1. The number of rotatable bonds is 5. The normalized spacial score (nSPS) is 11.2. The van der Waals surface area contributed by atoms with Crippen LogP contribution in [-0.4, -0.2) is 18.5 Å². The second-order valence-electron chi connectivity index (χ2n) is 4.39. The molecule has 5 nitrogen and oxygen atoms in total. The number of carbonyl (C=O) groups excluding carboxylic acids is 1. The Hall–Kier alpha value is -2.56. The van der Waals surface area contributed by atoms with Crippen molar-refractivity contribution in [2.24, 2.45) is 4.99 Å². The Morgan fingerprint density at radius 3 is 2.71 bits per heavy atom. The van der Waals surface area contributed by atoms with Crippen molar-refractivity contribution >= 4 is 11.9 Å². The molecular formula is C16H18N2O3. The van der Waals surface area contributed by atoms with E-state index in [-0.39, 0.29) is 17.7 Å². The van der Waals surface area contributed by atoms with Crippen LogP contribution in [0.3, 0.4) is 0 Å². The molecule has 5 heteroatoms. The molecule has 0 saturated carbocycles. The molecule has 21 heavy (non-hydrogen) atoms. The minimum Gasteiger partial charge on any atom is -0.465 e. The molecule has 0 radical (unpaired) electrons. The summed E-state index contributed by atoms with van der Waals surface area (Å²) in [5, 5.41) is 2.62. The molecule has 1 aromatic heterocycles. The molecule has 0 unspecified atom stereocenters. The zero-order valence-corrected chi connectivity index (χ0v) is 11.9. The number of furan rings is 1. The lowest BCUT2D eigenvalue weighted by Crippen LogP contribution is -2.32. The monoisotopic (exact) mass is 286 g/mol. The first-order valence-electron chi connectivity index (χ1n) is 6.85. The molecule has 1 amide bonds. The maximum absolute atomic E-state index is 11.9. The van der Waals surface area contributed by atoms with E-state index in [9.17, 15) is 4.79 Å². The van der Waals surface area contributed by atoms with Gasteiger partial charge in [0, 0.05) is 0 Å². The number of benzene rings is 1. The van der Waals surface area contributed by atoms with Crippen LogP contribution < -0.4 is 5.32 Å². The summed E-state index contributed by atoms with van der Waals surface area (Å²) in [5.74, 6) is -0.148. The van der Waals surface area contributed by atoms with E-state index >= 15 is 0 Å². The van der Waals surface area contributed by atoms with Gasteiger partial charge in [-0.3, -0.25) is 10.1 Å². The van der Waals surface area contributed by atoms with Crippen LogP contribution in [0.4, 0.5) is 0 Å². The molecule has 0 atom stereocenters. The van der Waals surface area contributed by atoms with E-state index in [4.69, 9.17) is 9.15 Å². The van der Waals surface area contributed by atoms with Gasteiger partial charge in [-0.25, -0.2) is 4.99 Å². The zero-order valence-electron chi connectivity index (χ0n) is 11.9. The van der Waals surface area contributed by atoms with Crippen LogP contribution in [0.25, 0.3) is 0 Å². The molecule has 2 rings (SSSR count). The van der Waals surface area contributed by atoms with Crippen LogP contribution >= 0.6 is 0 Å². The Balaban J connectivity index is 2.01. The van der Waals surface area contributed by atoms with E-state index in [1.807, 2.05) is 37.3 Å². The quantitative estimate of drug-likeness (QED) is 0.679. The molecular weight excluding hydrogens is 268 g/mol. The third-order valence-corrected chi connectivity index (χ3v) is 2.66. The summed E-state index contributed by atoms with van der Waals surface area (Å²) in [6.45, 7) is 2.92. The smallest absolute Gasteiger partial charge is 0.294 e. The number of nitrogens with zero attached hydrogens (tertiary/aromatic N) is 1. The molecule has 110 valence electrons. The SMILES string of the molecule is CCCOC(=NCc1ccccc1)NC(=O)c1ccco1. The van der Waals surface area contributed by atoms with E-state index in [0.29, 0.717) is 13.2 Å². The van der Waals surface area contributed by atoms with E-state index in [1.54, 1.807) is 12.1 Å². The summed E-state index contributed by atoms with van der Waals surface area (Å²) < 4.78 is 10.5. The summed E-state index contributed by atoms with van der Waals surface area (Å²) >= 11 is 0. The number of aliphatic imine (C=N–C) groups is 1. The highest BCUT2D eigenvalue weighted by Crippen LogP contribution is 2.02. The standard InChI is InChI=1S/C16H18N2O3/c1-2-10-21-16(17-12-13-7-4-3-5-8-13)18-15(19)14-9-6-11-20-14/h3-9,11H,2,10,12H2,1H3,(H,17,18,19). The van der Waals surface area contributed by atoms with Gasteiger partial charge in [0.15, 0.2) is 5.76 Å². The van der Waals surface area contributed by atoms with Crippen molar-refractivity contribution in [1.29, 1.82) is 0 Å². The van der Waals surface area contributed by atoms with Crippen molar-refractivity contribution in [2.45, 2.75) is 19.9 Å². The van der Waals surface area contributed by atoms with Gasteiger partial charge in [0.05, 0.1) is 19.4 Å². The highest BCUT2D eigenvalue weighted by molar-refractivity contribution is 6.02. The maximum Gasteiger partial charge on any atom is 0.294 e. The van der Waals surface area contributed by atoms with Gasteiger partial charge in [0.2, 0.25) is 0 Å². The molecule has 1 aromatic carbocycles. The fourth-order valence-electron chi connectivity index (χ4n) is 1.63. The van der Waals surface area contributed by atoms with Gasteiger partial charge in [-0.05, 0) is 24.1 Å². The molecule has 0 saturated heterocycles. The second kappa shape index (κ2) is 7.89. The van der Waals surface area contributed by atoms with E-state index < -0.39 is 0 Å². The number of hydrogen-bond donors (Lipinski definition) is 1. The van der Waals surface area contributed by atoms with Crippen molar-refractivity contribution in [2.75, 3.05) is 6.61 Å². The average Bonchev–Trinajstić information content (AvgIpc) is 3.05. The molecule has 0 bridgehead atoms. The molecule has 0 aliphatic rings. The van der Waals surface area contributed by atoms with Gasteiger partial charge < -0.3 is 9.15 Å². The first-order chi connectivity index (χ1) is 10.3. The Morgan fingerprint density at radius 2 is 2.05 bits per heavy atom. The molecule has 1 heterocycles. The topological polar surface area (TPSA) is 63.8 Å². The fraction of sp³-hybridized carbons (Fsp3) is 0.250. The highest BCUT2D eigenvalue weighted by Gasteiger charge is 2.12. The second-order valence-corrected chi connectivity index (χ2v) is 4.39. The van der Waals surface area contributed by atoms with E-state index in [0.717, 1.165) is 12.0 Å². The van der Waals surface area contributed by atoms with Crippen molar-refractivity contribution in [3.05, 3.63) is 60.1 Å². The summed E-state index contributed by atoms with van der Waals surface area (Å²) in [6, 6.07) is 13.2. The van der Waals surface area contributed by atoms with Gasteiger partial charge in [-0.2, -0.15) is 0 Å². The van der Waals surface area contributed by atoms with Crippen molar-refractivity contribution in [1.82, 2.24) is 5.32 Å². The van der Waals surface area contributed by atoms with Crippen LogP contribution in [0.15, 0.2) is 58.1 Å². The average molecular weight is 286 g/mol. The minimum atomic E-state index is -0.372. The fourth-order valence-corrected chi connectivity index (χ4v) is 1.63. The molecule has 0 spiro atoms. The van der Waals surface area contributed by atoms with E-state index in [1.165, 1.54) is 6.26 Å². The summed E-state index contributed by atoms with van der Waals surface area (Å²) in [6.07, 6.45) is 2.28. The summed E-state index contributed by atoms with van der Waals surface area (Å²) in [5.41, 5.74) is 1.04. The van der Waals surface area contributed by atoms with Crippen LogP contribution in [0, 0.1) is 0 Å². The summed E-state index contributed by atoms with van der Waals surface area (Å²) in [7, 11) is 0. The number of ether oxygens (including phenoxy) is 1. The molecule has 0 aliphatic heterocycles. The number of carbonyl (C=O) groups is 1. The largest absolute Gasteiger partial charge is 0.465 e. The molecule has 1 N–H and O–H groups in total. The van der Waals surface area contributed by atoms with Crippen molar-refractivity contribution in [3.63, 3.8) is 0 Å². The zero-order chi connectivity index (χ0) is 14.9. The first-order valence-corrected chi connectivity index (χ1v) is 6.85. The highest BCUT2D eigenvalue weighted by atomic mass is 16.5. The Labute approximate surface area is 123 Å². The predicted octanol–water partition coefficient (Wildman–Crippen LogP) is 2.99. The number of amides is 1. The lowest BCUT2D eigenvalue weighted by Gasteiger charge is -2.09. The van der Waals surface area contributed by atoms with Gasteiger partial charge in [0.25, 0.3) is 11.9 Å². The molecule has 2 aromatic rings. The van der Waals surface area contributed by atoms with Gasteiger partial charge in [0.1, 0.15) is 0 Å². The van der Waals surface area contributed by atoms with Crippen LogP contribution in [-0.2, 0) is 11.3 Å². The van der Waals surface area contributed by atoms with Gasteiger partial charge in [-0.1, -0.05) is 37.3 Å². The Bertz CT molecular complexity index is 577. The van der Waals surface area contributed by atoms with Crippen LogP contribution in [0.2, 0.25) is 0 Å². The third-order valence-electron chi connectivity index (χ3n) is 2.66. The molecule has 0 aliphatic carbocycles. The van der Waals surface area contributed by atoms with Crippen LogP contribution in [0.5, 0.6) is 0 Å². The van der Waals surface area contributed by atoms with Crippen LogP contribution in [0.1, 0.15) is 29.5 Å². The first kappa shape index (κ1) is 14.8. The summed E-state index contributed by atoms with van der Waals surface area (Å²) in [4.78, 5) is 16.2. The van der Waals surface area contributed by atoms with Gasteiger partial charge in [-0.15, -0.1) is 0 Å². The van der Waals surface area contributed by atoms with Crippen molar-refractivity contribution in [3.8, 4) is 0 Å². The van der Waals surface area contributed by atoms with Gasteiger partial charge >= 0.3 is 0 Å². The third kappa shape index (κ3) is 4.80. The lowest BCUT2D eigenvalue weighted by molar-refractivity contribution is 0.0938. The maximum atomic E-state index is 11.9. The predicted molar refractivity (Wildman–Crippen MR) is 80.0 cm³/mol. The minimum absolute atomic E-state index is 0.210. The Morgan fingerprint density at radius 1 is 1.24 bits per heavy atom. The lowest BCUT2D eigenvalue weighted by atomic mass is 10.2. The molecule has 0 fully saturated rings. The van der Waals surface area contributed by atoms with Crippen molar-refractivity contribution < 1.29 is 13.9 Å².